The van der Waals surface area contributed by atoms with Crippen LogP contribution in [-0.4, -0.2) is 15.0 Å². The van der Waals surface area contributed by atoms with Crippen molar-refractivity contribution in [3.63, 3.8) is 0 Å². The predicted molar refractivity (Wildman–Crippen MR) is 53.0 cm³/mol. The number of fused-ring (bicyclic) bond motifs is 1. The van der Waals surface area contributed by atoms with E-state index in [9.17, 15) is 9.59 Å². The van der Waals surface area contributed by atoms with Gasteiger partial charge in [0.25, 0.3) is 5.56 Å². The molecular weight excluding hydrogens is 229 g/mol. The van der Waals surface area contributed by atoms with Crippen molar-refractivity contribution in [3.8, 4) is 0 Å². The number of rotatable bonds is 0. The minimum absolute atomic E-state index is 0.0799. The van der Waals surface area contributed by atoms with Crippen molar-refractivity contribution in [3.05, 3.63) is 37.1 Å². The fraction of sp³-hybridized carbons (Fsp3) is 0. The van der Waals surface area contributed by atoms with Gasteiger partial charge < -0.3 is 0 Å². The van der Waals surface area contributed by atoms with Crippen molar-refractivity contribution < 1.29 is 0 Å². The van der Waals surface area contributed by atoms with Gasteiger partial charge in [-0.1, -0.05) is 23.2 Å². The van der Waals surface area contributed by atoms with Crippen molar-refractivity contribution in [2.24, 2.45) is 0 Å². The molecule has 0 fully saturated rings. The zero-order chi connectivity index (χ0) is 10.3. The molecule has 2 aromatic heterocycles. The lowest BCUT2D eigenvalue weighted by Gasteiger charge is -1.98. The van der Waals surface area contributed by atoms with E-state index in [1.807, 2.05) is 4.98 Å². The summed E-state index contributed by atoms with van der Waals surface area (Å²) in [6, 6.07) is 1.33. The molecule has 0 aliphatic carbocycles. The topological polar surface area (TPSA) is 78.6 Å². The fourth-order valence-electron chi connectivity index (χ4n) is 1.10. The maximum Gasteiger partial charge on any atom is 0.327 e. The van der Waals surface area contributed by atoms with E-state index in [0.29, 0.717) is 0 Å². The van der Waals surface area contributed by atoms with E-state index >= 15 is 0 Å². The highest BCUT2D eigenvalue weighted by Gasteiger charge is 2.07. The molecule has 14 heavy (non-hydrogen) atoms. The molecule has 0 saturated heterocycles. The summed E-state index contributed by atoms with van der Waals surface area (Å²) in [6.45, 7) is 0. The normalized spacial score (nSPS) is 10.7. The Balaban J connectivity index is 3.10. The first kappa shape index (κ1) is 9.23. The number of hydrogen-bond acceptors (Lipinski definition) is 3. The van der Waals surface area contributed by atoms with Gasteiger partial charge in [0, 0.05) is 0 Å². The number of aromatic nitrogens is 3. The van der Waals surface area contributed by atoms with Crippen LogP contribution in [0.5, 0.6) is 0 Å². The van der Waals surface area contributed by atoms with Gasteiger partial charge in [0.05, 0.1) is 5.02 Å². The van der Waals surface area contributed by atoms with Crippen LogP contribution < -0.4 is 11.2 Å². The van der Waals surface area contributed by atoms with Crippen LogP contribution in [0, 0.1) is 0 Å². The zero-order valence-corrected chi connectivity index (χ0v) is 8.11. The van der Waals surface area contributed by atoms with E-state index in [2.05, 4.69) is 9.97 Å². The van der Waals surface area contributed by atoms with Crippen molar-refractivity contribution in [1.82, 2.24) is 15.0 Å². The third-order valence-corrected chi connectivity index (χ3v) is 2.12. The first-order valence-electron chi connectivity index (χ1n) is 3.56. The summed E-state index contributed by atoms with van der Waals surface area (Å²) in [6.07, 6.45) is 0. The van der Waals surface area contributed by atoms with Crippen LogP contribution >= 0.6 is 23.2 Å². The van der Waals surface area contributed by atoms with E-state index in [1.54, 1.807) is 0 Å². The average molecular weight is 232 g/mol. The molecular formula is C7H3Cl2N3O2. The molecule has 0 radical (unpaired) electrons. The van der Waals surface area contributed by atoms with Gasteiger partial charge in [-0.2, -0.15) is 0 Å². The SMILES string of the molecule is O=c1[nH]c(=O)c2c(Cl)cc(Cl)nc2[nH]1. The number of nitrogens with one attached hydrogen (secondary N) is 2. The monoisotopic (exact) mass is 231 g/mol. The first-order valence-corrected chi connectivity index (χ1v) is 4.32. The van der Waals surface area contributed by atoms with E-state index in [1.165, 1.54) is 6.07 Å². The van der Waals surface area contributed by atoms with Gasteiger partial charge in [-0.25, -0.2) is 9.78 Å². The third kappa shape index (κ3) is 1.40. The van der Waals surface area contributed by atoms with Crippen LogP contribution in [0.1, 0.15) is 0 Å². The Morgan fingerprint density at radius 3 is 2.64 bits per heavy atom. The van der Waals surface area contributed by atoms with Crippen molar-refractivity contribution >= 4 is 34.2 Å². The molecule has 0 saturated carbocycles. The molecule has 0 aliphatic rings. The second-order valence-corrected chi connectivity index (χ2v) is 3.35. The van der Waals surface area contributed by atoms with Crippen LogP contribution in [0.15, 0.2) is 15.7 Å². The molecule has 0 atom stereocenters. The lowest BCUT2D eigenvalue weighted by Crippen LogP contribution is -2.22. The smallest absolute Gasteiger partial charge is 0.291 e. The Morgan fingerprint density at radius 2 is 1.93 bits per heavy atom. The standard InChI is InChI=1S/C7H3Cl2N3O2/c8-2-1-3(9)10-5-4(2)6(13)12-7(14)11-5/h1H,(H2,10,11,12,13,14). The Labute approximate surface area is 86.7 Å². The number of pyridine rings is 1. The fourth-order valence-corrected chi connectivity index (χ4v) is 1.62. The van der Waals surface area contributed by atoms with Gasteiger partial charge >= 0.3 is 5.69 Å². The molecule has 0 unspecified atom stereocenters. The Bertz CT molecular complexity index is 616. The third-order valence-electron chi connectivity index (χ3n) is 1.63. The summed E-state index contributed by atoms with van der Waals surface area (Å²) in [7, 11) is 0. The minimum Gasteiger partial charge on any atom is -0.291 e. The maximum atomic E-state index is 11.3. The largest absolute Gasteiger partial charge is 0.327 e. The Morgan fingerprint density at radius 1 is 1.21 bits per heavy atom. The number of H-pyrrole nitrogens is 2. The van der Waals surface area contributed by atoms with Crippen LogP contribution in [0.2, 0.25) is 10.2 Å². The van der Waals surface area contributed by atoms with Gasteiger partial charge in [-0.15, -0.1) is 0 Å². The van der Waals surface area contributed by atoms with Crippen LogP contribution in [-0.2, 0) is 0 Å². The van der Waals surface area contributed by atoms with Gasteiger partial charge in [0.15, 0.2) is 0 Å². The lowest BCUT2D eigenvalue weighted by molar-refractivity contribution is 1.06. The molecule has 0 amide bonds. The molecule has 0 spiro atoms. The highest BCUT2D eigenvalue weighted by molar-refractivity contribution is 6.37. The highest BCUT2D eigenvalue weighted by Crippen LogP contribution is 2.19. The molecule has 5 nitrogen and oxygen atoms in total. The molecule has 0 aliphatic heterocycles. The minimum atomic E-state index is -0.645. The molecule has 2 N–H and O–H groups in total. The summed E-state index contributed by atoms with van der Waals surface area (Å²) >= 11 is 11.4. The van der Waals surface area contributed by atoms with Gasteiger partial charge in [-0.05, 0) is 6.07 Å². The molecule has 2 heterocycles. The van der Waals surface area contributed by atoms with Crippen LogP contribution in [0.3, 0.4) is 0 Å². The molecule has 0 bridgehead atoms. The number of aromatic amines is 2. The summed E-state index contributed by atoms with van der Waals surface area (Å²) in [5, 5.41) is 0.386. The van der Waals surface area contributed by atoms with Crippen molar-refractivity contribution in [2.45, 2.75) is 0 Å². The number of halogens is 2. The highest BCUT2D eigenvalue weighted by atomic mass is 35.5. The van der Waals surface area contributed by atoms with E-state index in [-0.39, 0.29) is 21.2 Å². The molecule has 2 aromatic rings. The van der Waals surface area contributed by atoms with Crippen molar-refractivity contribution in [1.29, 1.82) is 0 Å². The lowest BCUT2D eigenvalue weighted by atomic mass is 10.3. The first-order chi connectivity index (χ1) is 6.58. The summed E-state index contributed by atoms with van der Waals surface area (Å²) in [5.74, 6) is 0. The van der Waals surface area contributed by atoms with Crippen LogP contribution in [0.25, 0.3) is 11.0 Å². The molecule has 7 heteroatoms. The Hall–Kier alpha value is -1.33. The number of hydrogen-bond donors (Lipinski definition) is 2. The zero-order valence-electron chi connectivity index (χ0n) is 6.60. The molecule has 2 rings (SSSR count). The quantitative estimate of drug-likeness (QED) is 0.662. The van der Waals surface area contributed by atoms with E-state index in [4.69, 9.17) is 23.2 Å². The molecule has 72 valence electrons. The van der Waals surface area contributed by atoms with E-state index < -0.39 is 11.2 Å². The predicted octanol–water partition coefficient (Wildman–Crippen LogP) is 0.918. The summed E-state index contributed by atoms with van der Waals surface area (Å²) in [4.78, 5) is 30.3. The maximum absolute atomic E-state index is 11.3. The van der Waals surface area contributed by atoms with Crippen LogP contribution in [0.4, 0.5) is 0 Å². The number of nitrogens with zero attached hydrogens (tertiary/aromatic N) is 1. The van der Waals surface area contributed by atoms with E-state index in [0.717, 1.165) is 0 Å². The molecule has 0 aromatic carbocycles. The summed E-state index contributed by atoms with van der Waals surface area (Å²) in [5.41, 5.74) is -1.15. The summed E-state index contributed by atoms with van der Waals surface area (Å²) < 4.78 is 0. The Kier molecular flexibility index (Phi) is 2.05. The van der Waals surface area contributed by atoms with Crippen molar-refractivity contribution in [2.75, 3.05) is 0 Å². The van der Waals surface area contributed by atoms with Gasteiger partial charge in [0.1, 0.15) is 16.2 Å². The second-order valence-electron chi connectivity index (χ2n) is 2.56. The second kappa shape index (κ2) is 3.11. The van der Waals surface area contributed by atoms with Gasteiger partial charge in [0.2, 0.25) is 0 Å². The van der Waals surface area contributed by atoms with Gasteiger partial charge in [-0.3, -0.25) is 14.8 Å². The average Bonchev–Trinajstić information content (AvgIpc) is 1.99.